The summed E-state index contributed by atoms with van der Waals surface area (Å²) in [7, 11) is -11.8. The Bertz CT molecular complexity index is 2230. The molecule has 5 saturated heterocycles. The van der Waals surface area contributed by atoms with Crippen molar-refractivity contribution in [1.29, 1.82) is 0 Å². The third-order valence-electron chi connectivity index (χ3n) is 11.8. The minimum atomic E-state index is -5.99. The van der Waals surface area contributed by atoms with Gasteiger partial charge in [-0.3, -0.25) is 22.7 Å². The fourth-order valence-corrected chi connectivity index (χ4v) is 9.64. The Kier molecular flexibility index (Phi) is 21.1. The third-order valence-corrected chi connectivity index (χ3v) is 12.8. The van der Waals surface area contributed by atoms with Crippen molar-refractivity contribution in [3.8, 4) is 0 Å². The van der Waals surface area contributed by atoms with Gasteiger partial charge in [0, 0.05) is 20.8 Å². The number of carbonyl (C=O) groups excluding carboxylic acids is 5. The molecule has 0 aromatic heterocycles. The lowest BCUT2D eigenvalue weighted by molar-refractivity contribution is -0.389. The number of aliphatic hydroxyl groups excluding tert-OH is 10. The molecule has 25 atom stereocenters. The van der Waals surface area contributed by atoms with Crippen LogP contribution in [0.1, 0.15) is 20.8 Å². The van der Waals surface area contributed by atoms with Gasteiger partial charge in [0.1, 0.15) is 122 Å². The van der Waals surface area contributed by atoms with E-state index in [4.69, 9.17) is 42.6 Å². The van der Waals surface area contributed by atoms with Crippen LogP contribution in [0.4, 0.5) is 0 Å². The van der Waals surface area contributed by atoms with Crippen LogP contribution in [0, 0.1) is 0 Å². The van der Waals surface area contributed by atoms with Gasteiger partial charge in [0.25, 0.3) is 0 Å². The topological polar surface area (TPSA) is 586 Å². The van der Waals surface area contributed by atoms with Gasteiger partial charge in [-0.25, -0.2) is 16.8 Å². The standard InChI is InChI=1S/C36H57N3O34S2/c1-7(43)37-13-17(47)16(46)10(4-40)64-33(13)68-26-18(48)21(51)36(71-28(26)30(52)53)67-25-15(39-9(3)45)34(65-12(6-42)23(25)73-75(60,61)62)69-27-19(49)20(50)35(70-29(27)31(54)55)66-24-14(38-8(2)44)32(56)63-11(5-41)22(24)72-74(57,58)59/h10-29,32-36,40-42,46-51,56H,4-6H2,1-3H3,(H,37,43)(H,38,44)(H,39,45)(H,52,53)(H,54,55)(H,57,58,59)(H,60,61,62)/p-4/t10-,11-,12-,13-,14-,15-,16+,17-,18-,19-,20-,21-,22+,23+,24-,25-,26+,27+,28-,29-,32?,33+,34+,35-,36-/m1/s1. The van der Waals surface area contributed by atoms with Crippen molar-refractivity contribution in [2.75, 3.05) is 19.8 Å². The molecule has 37 nitrogen and oxygen atoms in total. The van der Waals surface area contributed by atoms with Gasteiger partial charge in [-0.15, -0.1) is 0 Å². The van der Waals surface area contributed by atoms with Gasteiger partial charge in [-0.2, -0.15) is 0 Å². The molecule has 0 radical (unpaired) electrons. The van der Waals surface area contributed by atoms with Crippen molar-refractivity contribution in [3.05, 3.63) is 0 Å². The monoisotopic (exact) mass is 1140 g/mol. The van der Waals surface area contributed by atoms with Gasteiger partial charge in [-0.05, 0) is 0 Å². The summed E-state index contributed by atoms with van der Waals surface area (Å²) in [5.74, 6) is -7.74. The number of carbonyl (C=O) groups is 5. The molecule has 1 unspecified atom stereocenters. The molecule has 5 aliphatic rings. The van der Waals surface area contributed by atoms with E-state index < -0.39 is 224 Å². The predicted octanol–water partition coefficient (Wildman–Crippen LogP) is -15.0. The third kappa shape index (κ3) is 14.9. The number of amides is 3. The highest BCUT2D eigenvalue weighted by molar-refractivity contribution is 7.81. The number of rotatable bonds is 20. The number of ether oxygens (including phenoxy) is 9. The first-order chi connectivity index (χ1) is 34.8. The molecule has 3 amide bonds. The largest absolute Gasteiger partial charge is 0.726 e. The van der Waals surface area contributed by atoms with Crippen LogP contribution in [0.25, 0.3) is 0 Å². The first kappa shape index (κ1) is 62.2. The van der Waals surface area contributed by atoms with Gasteiger partial charge in [-0.1, -0.05) is 0 Å². The molecule has 0 saturated carbocycles. The van der Waals surface area contributed by atoms with E-state index in [0.717, 1.165) is 20.8 Å². The van der Waals surface area contributed by atoms with E-state index in [1.54, 1.807) is 0 Å². The summed E-state index contributed by atoms with van der Waals surface area (Å²) < 4.78 is 130. The zero-order valence-corrected chi connectivity index (χ0v) is 40.3. The fraction of sp³-hybridized carbons (Fsp3) is 0.861. The number of aliphatic hydroxyl groups is 10. The fourth-order valence-electron chi connectivity index (χ4n) is 8.63. The van der Waals surface area contributed by atoms with Crippen LogP contribution in [0.2, 0.25) is 0 Å². The van der Waals surface area contributed by atoms with Crippen molar-refractivity contribution in [3.63, 3.8) is 0 Å². The van der Waals surface area contributed by atoms with Crippen LogP contribution in [0.15, 0.2) is 0 Å². The zero-order valence-electron chi connectivity index (χ0n) is 38.6. The highest BCUT2D eigenvalue weighted by atomic mass is 32.3. The Hall–Kier alpha value is -3.67. The molecule has 0 aliphatic carbocycles. The molecule has 432 valence electrons. The van der Waals surface area contributed by atoms with Crippen LogP contribution in [-0.2, 0) is 95.8 Å². The van der Waals surface area contributed by atoms with Crippen LogP contribution in [0.5, 0.6) is 0 Å². The van der Waals surface area contributed by atoms with Gasteiger partial charge >= 0.3 is 0 Å². The van der Waals surface area contributed by atoms with E-state index >= 15 is 0 Å². The Morgan fingerprint density at radius 1 is 0.440 bits per heavy atom. The molecular formula is C36H53N3O34S2-4. The SMILES string of the molecule is CC(=O)N[C@H]1[C@H](O[C@H]2[C@H](O)[C@@H](O)[C@H](O[C@@H]3[C@@H](NC(C)=O)[C@H](O[C@H]4[C@H](O)[C@@H](O)[C@H](O[C@H]5[C@@H](OS(=O)(=O)[O-])[C@@H](CO)OC(O)[C@@H]5NC(C)=O)O[C@H]4C(=O)[O-])O[C@H](CO)[C@@H]3OS(=O)(=O)[O-])O[C@H]2C(=O)[O-])O[C@H](CO)[C@H](O)[C@@H]1O. The molecule has 0 bridgehead atoms. The van der Waals surface area contributed by atoms with Crippen LogP contribution >= 0.6 is 0 Å². The molecule has 0 aromatic carbocycles. The first-order valence-corrected chi connectivity index (χ1v) is 24.5. The lowest BCUT2D eigenvalue weighted by Gasteiger charge is -2.51. The number of hydrogen-bond acceptors (Lipinski definition) is 34. The summed E-state index contributed by atoms with van der Waals surface area (Å²) >= 11 is 0. The second-order valence-corrected chi connectivity index (χ2v) is 19.2. The summed E-state index contributed by atoms with van der Waals surface area (Å²) in [5.41, 5.74) is 0. The number of aliphatic carboxylic acids is 2. The number of hydrogen-bond donors (Lipinski definition) is 13. The molecule has 5 rings (SSSR count). The Balaban J connectivity index is 1.49. The Labute approximate surface area is 421 Å². The zero-order chi connectivity index (χ0) is 56.3. The van der Waals surface area contributed by atoms with Gasteiger partial charge < -0.3 is 139 Å². The smallest absolute Gasteiger partial charge is 0.218 e. The molecular weight excluding hydrogens is 1080 g/mol. The second-order valence-electron chi connectivity index (χ2n) is 17.2. The summed E-state index contributed by atoms with van der Waals surface area (Å²) in [6.07, 6.45) is -52.6. The van der Waals surface area contributed by atoms with E-state index in [1.807, 2.05) is 0 Å². The van der Waals surface area contributed by atoms with E-state index in [-0.39, 0.29) is 0 Å². The van der Waals surface area contributed by atoms with Gasteiger partial charge in [0.15, 0.2) is 31.5 Å². The molecule has 5 fully saturated rings. The maximum absolute atomic E-state index is 12.8. The minimum absolute atomic E-state index is 0.751. The summed E-state index contributed by atoms with van der Waals surface area (Å²) in [6, 6.07) is -6.12. The molecule has 5 heterocycles. The molecule has 75 heavy (non-hydrogen) atoms. The van der Waals surface area contributed by atoms with Crippen molar-refractivity contribution in [1.82, 2.24) is 16.0 Å². The first-order valence-electron chi connectivity index (χ1n) is 21.8. The lowest BCUT2D eigenvalue weighted by Crippen LogP contribution is -2.72. The van der Waals surface area contributed by atoms with Gasteiger partial charge in [0.2, 0.25) is 38.5 Å². The Morgan fingerprint density at radius 3 is 1.17 bits per heavy atom. The van der Waals surface area contributed by atoms with E-state index in [0.29, 0.717) is 0 Å². The maximum Gasteiger partial charge on any atom is 0.218 e. The summed E-state index contributed by atoms with van der Waals surface area (Å²) in [4.78, 5) is 62.1. The van der Waals surface area contributed by atoms with Crippen molar-refractivity contribution >= 4 is 50.5 Å². The number of nitrogens with one attached hydrogen (secondary N) is 3. The van der Waals surface area contributed by atoms with Crippen LogP contribution in [0.3, 0.4) is 0 Å². The van der Waals surface area contributed by atoms with Crippen molar-refractivity contribution in [2.24, 2.45) is 0 Å². The molecule has 0 aromatic rings. The number of carboxylic acid groups (broad SMARTS) is 2. The Morgan fingerprint density at radius 2 is 0.787 bits per heavy atom. The normalized spacial score (nSPS) is 42.7. The average Bonchev–Trinajstić information content (AvgIpc) is 3.29. The molecule has 5 aliphatic heterocycles. The highest BCUT2D eigenvalue weighted by Crippen LogP contribution is 2.37. The average molecular weight is 1140 g/mol. The number of carboxylic acids is 2. The molecule has 13 N–H and O–H groups in total. The van der Waals surface area contributed by atoms with Gasteiger partial charge in [0.05, 0.1) is 31.8 Å². The van der Waals surface area contributed by atoms with Crippen molar-refractivity contribution in [2.45, 2.75) is 174 Å². The van der Waals surface area contributed by atoms with Crippen molar-refractivity contribution < 1.29 is 162 Å². The summed E-state index contributed by atoms with van der Waals surface area (Å²) in [6.45, 7) is -1.16. The van der Waals surface area contributed by atoms with E-state index in [9.17, 15) is 111 Å². The van der Waals surface area contributed by atoms with Crippen LogP contribution < -0.4 is 26.2 Å². The quantitative estimate of drug-likeness (QED) is 0.0398. The van der Waals surface area contributed by atoms with E-state index in [1.165, 1.54) is 0 Å². The molecule has 0 spiro atoms. The van der Waals surface area contributed by atoms with Crippen LogP contribution in [-0.4, -0.2) is 280 Å². The lowest BCUT2D eigenvalue weighted by atomic mass is 9.93. The predicted molar refractivity (Wildman–Crippen MR) is 214 cm³/mol. The minimum Gasteiger partial charge on any atom is -0.726 e. The molecule has 39 heteroatoms. The van der Waals surface area contributed by atoms with E-state index in [2.05, 4.69) is 24.3 Å². The second kappa shape index (κ2) is 25.4. The highest BCUT2D eigenvalue weighted by Gasteiger charge is 2.59. The summed E-state index contributed by atoms with van der Waals surface area (Å²) in [5, 5.41) is 139. The maximum atomic E-state index is 12.8.